The zero-order valence-electron chi connectivity index (χ0n) is 7.77. The first-order valence-corrected chi connectivity index (χ1v) is 4.07. The van der Waals surface area contributed by atoms with Crippen LogP contribution in [0.1, 0.15) is 17.8 Å². The number of nitrogens with zero attached hydrogens (tertiary/aromatic N) is 4. The molecule has 0 saturated heterocycles. The third-order valence-corrected chi connectivity index (χ3v) is 1.79. The first kappa shape index (κ1) is 10.7. The van der Waals surface area contributed by atoms with Crippen LogP contribution in [-0.2, 0) is 11.3 Å². The highest BCUT2D eigenvalue weighted by atomic mass is 16.2. The fraction of sp³-hybridized carbons (Fsp3) is 0.250. The second-order valence-corrected chi connectivity index (χ2v) is 2.68. The van der Waals surface area contributed by atoms with Crippen molar-refractivity contribution in [2.24, 2.45) is 5.84 Å². The molecule has 0 spiro atoms. The fourth-order valence-corrected chi connectivity index (χ4v) is 1.05. The van der Waals surface area contributed by atoms with Crippen molar-refractivity contribution in [3.8, 4) is 12.1 Å². The van der Waals surface area contributed by atoms with Gasteiger partial charge in [-0.15, -0.1) is 0 Å². The topological polar surface area (TPSA) is 121 Å². The Morgan fingerprint density at radius 2 is 2.33 bits per heavy atom. The fourth-order valence-electron chi connectivity index (χ4n) is 1.05. The van der Waals surface area contributed by atoms with Gasteiger partial charge >= 0.3 is 0 Å². The number of amides is 1. The minimum absolute atomic E-state index is 0.0608. The smallest absolute Gasteiger partial charge is 0.235 e. The van der Waals surface area contributed by atoms with E-state index < -0.39 is 0 Å². The van der Waals surface area contributed by atoms with Crippen LogP contribution in [0.15, 0.2) is 6.33 Å². The molecule has 1 amide bonds. The van der Waals surface area contributed by atoms with E-state index in [1.54, 1.807) is 6.07 Å². The first-order chi connectivity index (χ1) is 7.22. The number of aromatic nitrogens is 2. The van der Waals surface area contributed by atoms with Crippen LogP contribution in [0.25, 0.3) is 0 Å². The summed E-state index contributed by atoms with van der Waals surface area (Å²) in [6.45, 7) is 0.264. The van der Waals surface area contributed by atoms with Crippen LogP contribution < -0.4 is 11.3 Å². The summed E-state index contributed by atoms with van der Waals surface area (Å²) >= 11 is 0. The number of nitrogens with one attached hydrogen (secondary N) is 1. The lowest BCUT2D eigenvalue weighted by atomic mass is 10.3. The number of hydrogen-bond donors (Lipinski definition) is 2. The van der Waals surface area contributed by atoms with E-state index >= 15 is 0 Å². The minimum atomic E-state index is -0.342. The summed E-state index contributed by atoms with van der Waals surface area (Å²) in [5.74, 6) is 4.55. The number of carbonyl (C=O) groups excluding carboxylic acids is 1. The van der Waals surface area contributed by atoms with Gasteiger partial charge < -0.3 is 4.57 Å². The Balaban J connectivity index is 2.80. The van der Waals surface area contributed by atoms with Gasteiger partial charge in [0.1, 0.15) is 12.1 Å². The molecule has 0 atom stereocenters. The summed E-state index contributed by atoms with van der Waals surface area (Å²) in [4.78, 5) is 14.6. The van der Waals surface area contributed by atoms with Gasteiger partial charge in [0.25, 0.3) is 0 Å². The largest absolute Gasteiger partial charge is 0.321 e. The molecule has 1 aromatic rings. The van der Waals surface area contributed by atoms with Gasteiger partial charge in [-0.25, -0.2) is 10.8 Å². The van der Waals surface area contributed by atoms with Crippen molar-refractivity contribution < 1.29 is 4.79 Å². The Kier molecular flexibility index (Phi) is 3.38. The number of rotatable bonds is 3. The lowest BCUT2D eigenvalue weighted by Gasteiger charge is -2.01. The van der Waals surface area contributed by atoms with Gasteiger partial charge in [-0.05, 0) is 0 Å². The molecular weight excluding hydrogens is 196 g/mol. The Hall–Kier alpha value is -2.38. The second-order valence-electron chi connectivity index (χ2n) is 2.68. The highest BCUT2D eigenvalue weighted by molar-refractivity contribution is 5.75. The first-order valence-electron chi connectivity index (χ1n) is 4.07. The van der Waals surface area contributed by atoms with Crippen molar-refractivity contribution >= 4 is 5.91 Å². The summed E-state index contributed by atoms with van der Waals surface area (Å²) in [6.07, 6.45) is 1.48. The molecule has 0 aromatic carbocycles. The molecule has 0 aliphatic carbocycles. The predicted molar refractivity (Wildman–Crippen MR) is 48.6 cm³/mol. The molecule has 0 aliphatic rings. The third-order valence-electron chi connectivity index (χ3n) is 1.79. The van der Waals surface area contributed by atoms with Crippen molar-refractivity contribution in [3.63, 3.8) is 0 Å². The summed E-state index contributed by atoms with van der Waals surface area (Å²) < 4.78 is 1.44. The molecule has 1 heterocycles. The summed E-state index contributed by atoms with van der Waals surface area (Å²) in [5, 5.41) is 17.4. The van der Waals surface area contributed by atoms with E-state index in [-0.39, 0.29) is 30.3 Å². The number of aryl methyl sites for hydroxylation is 1. The Bertz CT molecular complexity index is 449. The van der Waals surface area contributed by atoms with Gasteiger partial charge in [0.2, 0.25) is 5.91 Å². The van der Waals surface area contributed by atoms with E-state index in [1.807, 2.05) is 11.5 Å². The van der Waals surface area contributed by atoms with Crippen molar-refractivity contribution in [2.45, 2.75) is 13.0 Å². The van der Waals surface area contributed by atoms with Crippen molar-refractivity contribution in [1.29, 1.82) is 10.5 Å². The number of carbonyl (C=O) groups is 1. The van der Waals surface area contributed by atoms with Gasteiger partial charge in [0, 0.05) is 13.0 Å². The zero-order valence-corrected chi connectivity index (χ0v) is 7.77. The summed E-state index contributed by atoms with van der Waals surface area (Å²) in [5.41, 5.74) is 2.19. The molecule has 0 unspecified atom stereocenters. The van der Waals surface area contributed by atoms with E-state index in [2.05, 4.69) is 4.98 Å². The maximum absolute atomic E-state index is 10.8. The molecule has 0 bridgehead atoms. The van der Waals surface area contributed by atoms with Crippen LogP contribution >= 0.6 is 0 Å². The highest BCUT2D eigenvalue weighted by Gasteiger charge is 2.10. The minimum Gasteiger partial charge on any atom is -0.321 e. The van der Waals surface area contributed by atoms with E-state index in [0.29, 0.717) is 0 Å². The average Bonchev–Trinajstić information content (AvgIpc) is 2.67. The Morgan fingerprint density at radius 1 is 1.60 bits per heavy atom. The lowest BCUT2D eigenvalue weighted by molar-refractivity contribution is -0.121. The van der Waals surface area contributed by atoms with Gasteiger partial charge in [-0.2, -0.15) is 10.5 Å². The number of hydrogen-bond acceptors (Lipinski definition) is 5. The van der Waals surface area contributed by atoms with Crippen LogP contribution in [0.4, 0.5) is 0 Å². The van der Waals surface area contributed by atoms with Crippen LogP contribution in [0.3, 0.4) is 0 Å². The van der Waals surface area contributed by atoms with E-state index in [9.17, 15) is 4.79 Å². The number of nitrogens with two attached hydrogens (primary N) is 1. The maximum atomic E-state index is 10.8. The number of hydrazine groups is 1. The molecule has 76 valence electrons. The predicted octanol–water partition coefficient (Wildman–Crippen LogP) is -0.994. The van der Waals surface area contributed by atoms with Gasteiger partial charge in [0.05, 0.1) is 6.33 Å². The Labute approximate surface area is 85.7 Å². The van der Waals surface area contributed by atoms with Crippen molar-refractivity contribution in [2.75, 3.05) is 0 Å². The standard InChI is InChI=1S/C8H8N6O/c9-3-6-7(4-10)14(5-12-6)2-1-8(15)13-11/h5H,1-2,11H2,(H,13,15). The van der Waals surface area contributed by atoms with E-state index in [4.69, 9.17) is 16.4 Å². The highest BCUT2D eigenvalue weighted by Crippen LogP contribution is 2.05. The molecule has 3 N–H and O–H groups in total. The average molecular weight is 204 g/mol. The van der Waals surface area contributed by atoms with Crippen LogP contribution in [0.5, 0.6) is 0 Å². The van der Waals surface area contributed by atoms with Crippen LogP contribution in [0, 0.1) is 22.7 Å². The molecule has 0 fully saturated rings. The molecule has 1 aromatic heterocycles. The van der Waals surface area contributed by atoms with Crippen LogP contribution in [-0.4, -0.2) is 15.5 Å². The molecule has 1 rings (SSSR count). The van der Waals surface area contributed by atoms with Gasteiger partial charge in [-0.3, -0.25) is 10.2 Å². The molecule has 15 heavy (non-hydrogen) atoms. The molecule has 0 aliphatic heterocycles. The Morgan fingerprint density at radius 3 is 2.87 bits per heavy atom. The monoisotopic (exact) mass is 204 g/mol. The van der Waals surface area contributed by atoms with Gasteiger partial charge in [-0.1, -0.05) is 0 Å². The molecule has 0 radical (unpaired) electrons. The molecular formula is C8H8N6O. The zero-order chi connectivity index (χ0) is 11.3. The van der Waals surface area contributed by atoms with Gasteiger partial charge in [0.15, 0.2) is 11.4 Å². The quantitative estimate of drug-likeness (QED) is 0.372. The summed E-state index contributed by atoms with van der Waals surface area (Å²) in [6, 6.07) is 3.64. The maximum Gasteiger partial charge on any atom is 0.235 e. The normalized spacial score (nSPS) is 9.00. The number of imidazole rings is 1. The van der Waals surface area contributed by atoms with E-state index in [0.717, 1.165) is 0 Å². The molecule has 7 nitrogen and oxygen atoms in total. The number of nitriles is 2. The summed E-state index contributed by atoms with van der Waals surface area (Å²) in [7, 11) is 0. The second kappa shape index (κ2) is 4.74. The van der Waals surface area contributed by atoms with Crippen LogP contribution in [0.2, 0.25) is 0 Å². The third kappa shape index (κ3) is 2.30. The molecule has 0 saturated carbocycles. The molecule has 7 heteroatoms. The van der Waals surface area contributed by atoms with Crippen molar-refractivity contribution in [3.05, 3.63) is 17.7 Å². The lowest BCUT2D eigenvalue weighted by Crippen LogP contribution is -2.30. The van der Waals surface area contributed by atoms with E-state index in [1.165, 1.54) is 10.9 Å². The van der Waals surface area contributed by atoms with Crippen molar-refractivity contribution in [1.82, 2.24) is 15.0 Å². The SMILES string of the molecule is N#Cc1ncn(CCC(=O)NN)c1C#N.